The molecule has 0 bridgehead atoms. The van der Waals surface area contributed by atoms with Crippen molar-refractivity contribution in [1.29, 1.82) is 0 Å². The molecule has 0 amide bonds. The van der Waals surface area contributed by atoms with E-state index < -0.39 is 17.7 Å². The van der Waals surface area contributed by atoms with Gasteiger partial charge < -0.3 is 24.2 Å². The van der Waals surface area contributed by atoms with E-state index in [-0.39, 0.29) is 17.8 Å². The molecule has 0 unspecified atom stereocenters. The summed E-state index contributed by atoms with van der Waals surface area (Å²) < 4.78 is 30.6. The summed E-state index contributed by atoms with van der Waals surface area (Å²) in [6.07, 6.45) is 4.17. The summed E-state index contributed by atoms with van der Waals surface area (Å²) in [6, 6.07) is 9.50. The highest BCUT2D eigenvalue weighted by atomic mass is 19.1. The van der Waals surface area contributed by atoms with E-state index in [1.54, 1.807) is 24.5 Å². The van der Waals surface area contributed by atoms with Gasteiger partial charge in [-0.2, -0.15) is 0 Å². The monoisotopic (exact) mass is 565 g/mol. The van der Waals surface area contributed by atoms with Crippen molar-refractivity contribution in [3.8, 4) is 22.8 Å². The Hall–Kier alpha value is -3.72. The van der Waals surface area contributed by atoms with Crippen LogP contribution in [0, 0.1) is 18.2 Å². The molecule has 9 heteroatoms. The number of benzene rings is 1. The number of aliphatic carboxylic acids is 1. The zero-order valence-corrected chi connectivity index (χ0v) is 24.7. The Labute approximate surface area is 241 Å². The topological polar surface area (TPSA) is 94.0 Å². The Bertz CT molecular complexity index is 1330. The number of anilines is 1. The molecule has 1 fully saturated rings. The van der Waals surface area contributed by atoms with Crippen molar-refractivity contribution >= 4 is 11.7 Å². The second-order valence-electron chi connectivity index (χ2n) is 12.1. The molecule has 3 heterocycles. The number of pyridine rings is 2. The molecule has 1 N–H and O–H groups in total. The second kappa shape index (κ2) is 12.4. The average molecular weight is 566 g/mol. The summed E-state index contributed by atoms with van der Waals surface area (Å²) in [7, 11) is 0. The van der Waals surface area contributed by atoms with Gasteiger partial charge in [-0.15, -0.1) is 0 Å². The molecule has 0 aliphatic carbocycles. The minimum atomic E-state index is -1.18. The molecule has 0 spiro atoms. The van der Waals surface area contributed by atoms with Crippen molar-refractivity contribution in [2.24, 2.45) is 5.41 Å². The maximum Gasteiger partial charge on any atom is 0.337 e. The molecular formula is C32H40FN3O5. The maximum absolute atomic E-state index is 13.1. The number of carboxylic acid groups (broad SMARTS) is 1. The number of carbonyl (C=O) groups is 1. The minimum Gasteiger partial charge on any atom is -0.490 e. The number of hydrogen-bond donors (Lipinski definition) is 1. The number of aryl methyl sites for hydroxylation is 1. The highest BCUT2D eigenvalue weighted by molar-refractivity contribution is 5.85. The van der Waals surface area contributed by atoms with Gasteiger partial charge in [0.05, 0.1) is 23.2 Å². The fourth-order valence-corrected chi connectivity index (χ4v) is 4.85. The molecule has 1 saturated heterocycles. The van der Waals surface area contributed by atoms with Gasteiger partial charge in [-0.05, 0) is 82.3 Å². The van der Waals surface area contributed by atoms with Gasteiger partial charge in [-0.25, -0.2) is 9.18 Å². The summed E-state index contributed by atoms with van der Waals surface area (Å²) >= 11 is 0. The first-order valence-electron chi connectivity index (χ1n) is 14.0. The van der Waals surface area contributed by atoms with Crippen LogP contribution in [0.1, 0.15) is 64.8 Å². The number of nitrogens with zero attached hydrogens (tertiary/aromatic N) is 3. The van der Waals surface area contributed by atoms with Gasteiger partial charge in [0.2, 0.25) is 0 Å². The molecule has 41 heavy (non-hydrogen) atoms. The third-order valence-corrected chi connectivity index (χ3v) is 7.13. The van der Waals surface area contributed by atoms with Crippen molar-refractivity contribution in [2.75, 3.05) is 31.2 Å². The Balaban J connectivity index is 1.61. The van der Waals surface area contributed by atoms with Crippen LogP contribution < -0.4 is 14.4 Å². The summed E-state index contributed by atoms with van der Waals surface area (Å²) in [4.78, 5) is 24.1. The van der Waals surface area contributed by atoms with Gasteiger partial charge in [0.1, 0.15) is 30.5 Å². The molecule has 0 radical (unpaired) electrons. The van der Waals surface area contributed by atoms with E-state index in [1.807, 2.05) is 39.8 Å². The van der Waals surface area contributed by atoms with Gasteiger partial charge in [0.25, 0.3) is 0 Å². The third-order valence-electron chi connectivity index (χ3n) is 7.13. The zero-order valence-electron chi connectivity index (χ0n) is 24.7. The molecular weight excluding hydrogens is 525 g/mol. The minimum absolute atomic E-state index is 0.213. The lowest BCUT2D eigenvalue weighted by atomic mass is 9.82. The van der Waals surface area contributed by atoms with Crippen molar-refractivity contribution in [3.05, 3.63) is 65.9 Å². The molecule has 1 aliphatic rings. The number of hydrogen-bond acceptors (Lipinski definition) is 7. The quantitative estimate of drug-likeness (QED) is 0.274. The predicted octanol–water partition coefficient (Wildman–Crippen LogP) is 6.62. The maximum atomic E-state index is 13.1. The lowest BCUT2D eigenvalue weighted by Gasteiger charge is -2.40. The molecule has 220 valence electrons. The number of ether oxygens (including phenoxy) is 3. The molecule has 4 rings (SSSR count). The van der Waals surface area contributed by atoms with E-state index in [2.05, 4.69) is 28.7 Å². The van der Waals surface area contributed by atoms with Gasteiger partial charge in [0, 0.05) is 36.1 Å². The number of carboxylic acids is 1. The molecule has 8 nitrogen and oxygen atoms in total. The molecule has 3 aromatic rings. The van der Waals surface area contributed by atoms with E-state index in [4.69, 9.17) is 14.2 Å². The first-order chi connectivity index (χ1) is 19.3. The standard InChI is InChI=1S/C32H40FN3O5/c1-21-27(29(30(37)38)41-31(2,3)4)28(36-15-13-32(5,6)14-16-36)25(20-34-21)26-12-11-24(19-35-26)40-18-17-39-23-9-7-22(33)8-10-23/h7-12,19-20,29H,13-18H2,1-6H3,(H,37,38)/t29-/m0/s1. The number of rotatable bonds is 10. The molecule has 1 aliphatic heterocycles. The van der Waals surface area contributed by atoms with Crippen LogP contribution in [0.3, 0.4) is 0 Å². The van der Waals surface area contributed by atoms with Crippen LogP contribution in [-0.2, 0) is 9.53 Å². The van der Waals surface area contributed by atoms with Gasteiger partial charge in [-0.1, -0.05) is 13.8 Å². The lowest BCUT2D eigenvalue weighted by molar-refractivity contribution is -0.160. The largest absolute Gasteiger partial charge is 0.490 e. The Morgan fingerprint density at radius 1 is 1.00 bits per heavy atom. The van der Waals surface area contributed by atoms with Crippen molar-refractivity contribution in [2.45, 2.75) is 66.1 Å². The average Bonchev–Trinajstić information content (AvgIpc) is 2.91. The Morgan fingerprint density at radius 2 is 1.61 bits per heavy atom. The highest BCUT2D eigenvalue weighted by Gasteiger charge is 2.36. The Kier molecular flexibility index (Phi) is 9.17. The summed E-state index contributed by atoms with van der Waals surface area (Å²) in [5.74, 6) is -0.240. The second-order valence-corrected chi connectivity index (χ2v) is 12.1. The Morgan fingerprint density at radius 3 is 2.17 bits per heavy atom. The lowest BCUT2D eigenvalue weighted by Crippen LogP contribution is -2.39. The van der Waals surface area contributed by atoms with E-state index in [0.29, 0.717) is 35.1 Å². The number of aromatic nitrogens is 2. The number of halogens is 1. The fraction of sp³-hybridized carbons (Fsp3) is 0.469. The summed E-state index contributed by atoms with van der Waals surface area (Å²) in [5.41, 5.74) is 2.93. The van der Waals surface area contributed by atoms with Crippen LogP contribution in [0.5, 0.6) is 11.5 Å². The fourth-order valence-electron chi connectivity index (χ4n) is 4.85. The van der Waals surface area contributed by atoms with Crippen molar-refractivity contribution < 1.29 is 28.5 Å². The first-order valence-corrected chi connectivity index (χ1v) is 14.0. The zero-order chi connectivity index (χ0) is 29.8. The molecule has 0 saturated carbocycles. The van der Waals surface area contributed by atoms with E-state index >= 15 is 0 Å². The molecule has 1 atom stereocenters. The van der Waals surface area contributed by atoms with Crippen LogP contribution in [0.15, 0.2) is 48.8 Å². The van der Waals surface area contributed by atoms with Gasteiger partial charge in [0.15, 0.2) is 6.10 Å². The molecule has 2 aromatic heterocycles. The SMILES string of the molecule is Cc1ncc(-c2ccc(OCCOc3ccc(F)cc3)cn2)c(N2CCC(C)(C)CC2)c1[C@H](OC(C)(C)C)C(=O)O. The first kappa shape index (κ1) is 30.2. The van der Waals surface area contributed by atoms with E-state index in [9.17, 15) is 14.3 Å². The summed E-state index contributed by atoms with van der Waals surface area (Å²) in [5, 5.41) is 10.3. The third kappa shape index (κ3) is 7.94. The summed E-state index contributed by atoms with van der Waals surface area (Å²) in [6.45, 7) is 14.1. The van der Waals surface area contributed by atoms with Crippen LogP contribution in [-0.4, -0.2) is 52.9 Å². The van der Waals surface area contributed by atoms with E-state index in [1.165, 1.54) is 12.1 Å². The van der Waals surface area contributed by atoms with Crippen molar-refractivity contribution in [3.63, 3.8) is 0 Å². The van der Waals surface area contributed by atoms with Crippen molar-refractivity contribution in [1.82, 2.24) is 9.97 Å². The normalized spacial score (nSPS) is 15.8. The van der Waals surface area contributed by atoms with Crippen LogP contribution in [0.2, 0.25) is 0 Å². The number of piperidine rings is 1. The molecule has 1 aromatic carbocycles. The van der Waals surface area contributed by atoms with Crippen LogP contribution in [0.4, 0.5) is 10.1 Å². The van der Waals surface area contributed by atoms with Crippen LogP contribution >= 0.6 is 0 Å². The van der Waals surface area contributed by atoms with Crippen LogP contribution in [0.25, 0.3) is 11.3 Å². The van der Waals surface area contributed by atoms with E-state index in [0.717, 1.165) is 37.2 Å². The van der Waals surface area contributed by atoms with Gasteiger partial charge in [-0.3, -0.25) is 9.97 Å². The smallest absolute Gasteiger partial charge is 0.337 e. The predicted molar refractivity (Wildman–Crippen MR) is 156 cm³/mol. The van der Waals surface area contributed by atoms with Gasteiger partial charge >= 0.3 is 5.97 Å². The highest BCUT2D eigenvalue weighted by Crippen LogP contribution is 2.43.